The molecule has 0 atom stereocenters. The van der Waals surface area contributed by atoms with Gasteiger partial charge in [0.1, 0.15) is 5.82 Å². The van der Waals surface area contributed by atoms with Crippen LogP contribution in [-0.2, 0) is 17.8 Å². The number of carbonyl (C=O) groups is 1. The summed E-state index contributed by atoms with van der Waals surface area (Å²) in [5.74, 6) is 6.86. The van der Waals surface area contributed by atoms with Crippen LogP contribution in [0.15, 0.2) is 47.6 Å². The fraction of sp³-hybridized carbons (Fsp3) is 0.316. The SMILES string of the molecule is Cc1ccc(CN(CCc2ccccc2)C(=O)CSc2nnc(C)n2N)s1. The fourth-order valence-corrected chi connectivity index (χ4v) is 4.34. The lowest BCUT2D eigenvalue weighted by atomic mass is 10.1. The lowest BCUT2D eigenvalue weighted by molar-refractivity contribution is -0.128. The predicted molar refractivity (Wildman–Crippen MR) is 110 cm³/mol. The van der Waals surface area contributed by atoms with Crippen LogP contribution >= 0.6 is 23.1 Å². The molecule has 1 amide bonds. The number of aromatic nitrogens is 3. The molecule has 0 aliphatic heterocycles. The summed E-state index contributed by atoms with van der Waals surface area (Å²) in [6, 6.07) is 14.4. The highest BCUT2D eigenvalue weighted by Crippen LogP contribution is 2.20. The van der Waals surface area contributed by atoms with E-state index in [1.54, 1.807) is 18.3 Å². The van der Waals surface area contributed by atoms with Crippen molar-refractivity contribution in [1.82, 2.24) is 19.8 Å². The molecule has 0 saturated heterocycles. The molecule has 0 aliphatic carbocycles. The topological polar surface area (TPSA) is 77.0 Å². The number of thioether (sulfide) groups is 1. The Kier molecular flexibility index (Phi) is 6.52. The Morgan fingerprint density at radius 2 is 1.96 bits per heavy atom. The van der Waals surface area contributed by atoms with Crippen molar-refractivity contribution in [2.24, 2.45) is 0 Å². The van der Waals surface area contributed by atoms with Gasteiger partial charge in [-0.3, -0.25) is 4.79 Å². The van der Waals surface area contributed by atoms with Gasteiger partial charge in [-0.05, 0) is 38.0 Å². The minimum Gasteiger partial charge on any atom is -0.336 e. The van der Waals surface area contributed by atoms with Gasteiger partial charge >= 0.3 is 0 Å². The van der Waals surface area contributed by atoms with Crippen molar-refractivity contribution in [2.45, 2.75) is 32.0 Å². The molecule has 0 fully saturated rings. The minimum absolute atomic E-state index is 0.0719. The maximum Gasteiger partial charge on any atom is 0.233 e. The van der Waals surface area contributed by atoms with Gasteiger partial charge in [0, 0.05) is 16.3 Å². The van der Waals surface area contributed by atoms with Crippen LogP contribution in [0.5, 0.6) is 0 Å². The molecule has 1 aromatic carbocycles. The van der Waals surface area contributed by atoms with E-state index in [2.05, 4.69) is 41.4 Å². The molecule has 3 rings (SSSR count). The van der Waals surface area contributed by atoms with Crippen molar-refractivity contribution < 1.29 is 4.79 Å². The predicted octanol–water partition coefficient (Wildman–Crippen LogP) is 3.03. The summed E-state index contributed by atoms with van der Waals surface area (Å²) in [6.07, 6.45) is 0.827. The maximum absolute atomic E-state index is 12.9. The first-order valence-corrected chi connectivity index (χ1v) is 10.5. The van der Waals surface area contributed by atoms with E-state index in [1.807, 2.05) is 23.1 Å². The lowest BCUT2D eigenvalue weighted by Gasteiger charge is -2.22. The first-order chi connectivity index (χ1) is 13.0. The monoisotopic (exact) mass is 401 g/mol. The number of nitrogens with two attached hydrogens (primary N) is 1. The van der Waals surface area contributed by atoms with E-state index in [9.17, 15) is 4.79 Å². The molecule has 27 heavy (non-hydrogen) atoms. The smallest absolute Gasteiger partial charge is 0.233 e. The van der Waals surface area contributed by atoms with Gasteiger partial charge < -0.3 is 10.7 Å². The number of aryl methyl sites for hydroxylation is 2. The van der Waals surface area contributed by atoms with Crippen molar-refractivity contribution in [1.29, 1.82) is 0 Å². The number of benzene rings is 1. The summed E-state index contributed by atoms with van der Waals surface area (Å²) in [5, 5.41) is 8.49. The summed E-state index contributed by atoms with van der Waals surface area (Å²) >= 11 is 3.05. The molecule has 2 aromatic heterocycles. The Morgan fingerprint density at radius 1 is 1.19 bits per heavy atom. The van der Waals surface area contributed by atoms with Crippen molar-refractivity contribution in [3.8, 4) is 0 Å². The van der Waals surface area contributed by atoms with E-state index in [0.717, 1.165) is 6.42 Å². The van der Waals surface area contributed by atoms with Crippen LogP contribution in [0, 0.1) is 13.8 Å². The first kappa shape index (κ1) is 19.4. The zero-order valence-electron chi connectivity index (χ0n) is 15.5. The van der Waals surface area contributed by atoms with Gasteiger partial charge in [0.05, 0.1) is 12.3 Å². The van der Waals surface area contributed by atoms with Gasteiger partial charge in [0.2, 0.25) is 11.1 Å². The number of nitrogens with zero attached hydrogens (tertiary/aromatic N) is 4. The third kappa shape index (κ3) is 5.33. The van der Waals surface area contributed by atoms with E-state index < -0.39 is 0 Å². The Labute approximate surface area is 167 Å². The van der Waals surface area contributed by atoms with Crippen LogP contribution in [0.4, 0.5) is 0 Å². The first-order valence-electron chi connectivity index (χ1n) is 8.70. The second-order valence-electron chi connectivity index (χ2n) is 6.25. The summed E-state index contributed by atoms with van der Waals surface area (Å²) in [4.78, 5) is 17.2. The molecular weight excluding hydrogens is 378 g/mol. The summed E-state index contributed by atoms with van der Waals surface area (Å²) in [6.45, 7) is 5.16. The lowest BCUT2D eigenvalue weighted by Crippen LogP contribution is -2.33. The Bertz CT molecular complexity index is 891. The second kappa shape index (κ2) is 9.05. The zero-order chi connectivity index (χ0) is 19.2. The van der Waals surface area contributed by atoms with Crippen LogP contribution in [0.3, 0.4) is 0 Å². The third-order valence-electron chi connectivity index (χ3n) is 4.17. The van der Waals surface area contributed by atoms with Crippen LogP contribution in [0.25, 0.3) is 0 Å². The van der Waals surface area contributed by atoms with Crippen molar-refractivity contribution in [3.63, 3.8) is 0 Å². The molecule has 0 radical (unpaired) electrons. The maximum atomic E-state index is 12.9. The molecule has 8 heteroatoms. The molecular formula is C19H23N5OS2. The van der Waals surface area contributed by atoms with Gasteiger partial charge in [-0.2, -0.15) is 0 Å². The van der Waals surface area contributed by atoms with E-state index in [-0.39, 0.29) is 11.7 Å². The molecule has 2 N–H and O–H groups in total. The standard InChI is InChI=1S/C19H23N5OS2/c1-14-8-9-17(27-14)12-23(11-10-16-6-4-3-5-7-16)18(25)13-26-19-22-21-15(2)24(19)20/h3-9H,10-13,20H2,1-2H3. The summed E-state index contributed by atoms with van der Waals surface area (Å²) in [7, 11) is 0. The van der Waals surface area contributed by atoms with Crippen LogP contribution < -0.4 is 5.84 Å². The van der Waals surface area contributed by atoms with Crippen molar-refractivity contribution in [3.05, 3.63) is 63.6 Å². The summed E-state index contributed by atoms with van der Waals surface area (Å²) in [5.41, 5.74) is 1.22. The summed E-state index contributed by atoms with van der Waals surface area (Å²) < 4.78 is 1.41. The molecule has 0 bridgehead atoms. The van der Waals surface area contributed by atoms with Gasteiger partial charge in [0.25, 0.3) is 0 Å². The van der Waals surface area contributed by atoms with Gasteiger partial charge in [-0.1, -0.05) is 42.1 Å². The van der Waals surface area contributed by atoms with Crippen molar-refractivity contribution in [2.75, 3.05) is 18.1 Å². The highest BCUT2D eigenvalue weighted by molar-refractivity contribution is 7.99. The molecule has 0 spiro atoms. The fourth-order valence-electron chi connectivity index (χ4n) is 2.62. The van der Waals surface area contributed by atoms with Crippen LogP contribution in [0.2, 0.25) is 0 Å². The minimum atomic E-state index is 0.0719. The van der Waals surface area contributed by atoms with E-state index >= 15 is 0 Å². The Balaban J connectivity index is 1.65. The Hall–Kier alpha value is -2.32. The van der Waals surface area contributed by atoms with Crippen LogP contribution in [0.1, 0.15) is 21.1 Å². The normalized spacial score (nSPS) is 10.9. The van der Waals surface area contributed by atoms with Crippen molar-refractivity contribution >= 4 is 29.0 Å². The number of carbonyl (C=O) groups excluding carboxylic acids is 1. The second-order valence-corrected chi connectivity index (χ2v) is 8.57. The molecule has 6 nitrogen and oxygen atoms in total. The highest BCUT2D eigenvalue weighted by atomic mass is 32.2. The molecule has 2 heterocycles. The van der Waals surface area contributed by atoms with Crippen LogP contribution in [-0.4, -0.2) is 38.0 Å². The molecule has 3 aromatic rings. The largest absolute Gasteiger partial charge is 0.336 e. The number of amides is 1. The van der Waals surface area contributed by atoms with Gasteiger partial charge in [-0.25, -0.2) is 4.68 Å². The van der Waals surface area contributed by atoms with E-state index in [4.69, 9.17) is 5.84 Å². The van der Waals surface area contributed by atoms with Gasteiger partial charge in [0.15, 0.2) is 0 Å². The number of rotatable bonds is 8. The quantitative estimate of drug-likeness (QED) is 0.464. The number of thiophene rings is 1. The molecule has 0 aliphatic rings. The Morgan fingerprint density at radius 3 is 2.59 bits per heavy atom. The van der Waals surface area contributed by atoms with E-state index in [1.165, 1.54) is 31.8 Å². The molecule has 0 unspecified atom stereocenters. The number of hydrogen-bond donors (Lipinski definition) is 1. The van der Waals surface area contributed by atoms with E-state index in [0.29, 0.717) is 24.1 Å². The third-order valence-corrected chi connectivity index (χ3v) is 6.08. The number of hydrogen-bond acceptors (Lipinski definition) is 6. The molecule has 0 saturated carbocycles. The average molecular weight is 402 g/mol. The average Bonchev–Trinajstić information content (AvgIpc) is 3.23. The van der Waals surface area contributed by atoms with Gasteiger partial charge in [-0.15, -0.1) is 21.5 Å². The zero-order valence-corrected chi connectivity index (χ0v) is 17.1. The highest BCUT2D eigenvalue weighted by Gasteiger charge is 2.17. The molecule has 142 valence electrons. The number of nitrogen functional groups attached to an aromatic ring is 1.